The predicted octanol–water partition coefficient (Wildman–Crippen LogP) is 1.98. The van der Waals surface area contributed by atoms with Crippen LogP contribution < -0.4 is 14.8 Å². The molecule has 3 heterocycles. The maximum atomic E-state index is 13.4. The van der Waals surface area contributed by atoms with Crippen molar-refractivity contribution < 1.29 is 23.8 Å². The third kappa shape index (κ3) is 4.06. The molecule has 0 aromatic heterocycles. The summed E-state index contributed by atoms with van der Waals surface area (Å²) in [4.78, 5) is 30.2. The highest BCUT2D eigenvalue weighted by atomic mass is 16.6. The Hall–Kier alpha value is -3.36. The van der Waals surface area contributed by atoms with Gasteiger partial charge in [-0.05, 0) is 17.7 Å². The molecule has 0 saturated carbocycles. The molecule has 0 atom stereocenters. The Morgan fingerprint density at radius 2 is 1.56 bits per heavy atom. The number of nitrogens with one attached hydrogen (secondary N) is 1. The van der Waals surface area contributed by atoms with E-state index in [1.165, 1.54) is 4.90 Å². The molecule has 1 N–H and O–H groups in total. The molecule has 0 bridgehead atoms. The topological polar surface area (TPSA) is 80.3 Å². The number of carbonyl (C=O) groups excluding carboxylic acids is 2. The molecule has 2 aromatic rings. The molecule has 2 aromatic carbocycles. The van der Waals surface area contributed by atoms with Crippen molar-refractivity contribution in [2.24, 2.45) is 0 Å². The normalized spacial score (nSPS) is 18.9. The number of anilines is 1. The van der Waals surface area contributed by atoms with Crippen molar-refractivity contribution in [3.05, 3.63) is 59.8 Å². The van der Waals surface area contributed by atoms with Crippen LogP contribution in [0.15, 0.2) is 54.2 Å². The number of morpholine rings is 1. The summed E-state index contributed by atoms with van der Waals surface area (Å²) in [6.07, 6.45) is 0. The first-order chi connectivity index (χ1) is 15.7. The van der Waals surface area contributed by atoms with Gasteiger partial charge in [0.05, 0.1) is 18.8 Å². The smallest absolute Gasteiger partial charge is 0.278 e. The van der Waals surface area contributed by atoms with Gasteiger partial charge in [-0.25, -0.2) is 0 Å². The van der Waals surface area contributed by atoms with E-state index in [1.807, 2.05) is 36.4 Å². The summed E-state index contributed by atoms with van der Waals surface area (Å²) in [7, 11) is 0. The number of imide groups is 1. The summed E-state index contributed by atoms with van der Waals surface area (Å²) in [5.41, 5.74) is 2.03. The molecule has 0 aliphatic carbocycles. The second-order valence-corrected chi connectivity index (χ2v) is 7.82. The Morgan fingerprint density at radius 1 is 0.812 bits per heavy atom. The lowest BCUT2D eigenvalue weighted by atomic mass is 10.0. The summed E-state index contributed by atoms with van der Waals surface area (Å²) in [6, 6.07) is 14.7. The number of nitrogens with zero attached hydrogens (tertiary/aromatic N) is 2. The monoisotopic (exact) mass is 435 g/mol. The van der Waals surface area contributed by atoms with Crippen molar-refractivity contribution in [3.63, 3.8) is 0 Å². The second kappa shape index (κ2) is 9.02. The second-order valence-electron chi connectivity index (χ2n) is 7.82. The van der Waals surface area contributed by atoms with Crippen LogP contribution in [0.1, 0.15) is 5.56 Å². The van der Waals surface area contributed by atoms with Crippen LogP contribution in [0, 0.1) is 0 Å². The molecule has 0 radical (unpaired) electrons. The van der Waals surface area contributed by atoms with Crippen LogP contribution in [-0.2, 0) is 14.3 Å². The van der Waals surface area contributed by atoms with Gasteiger partial charge in [-0.15, -0.1) is 0 Å². The van der Waals surface area contributed by atoms with Crippen molar-refractivity contribution in [3.8, 4) is 11.5 Å². The van der Waals surface area contributed by atoms with E-state index in [9.17, 15) is 9.59 Å². The van der Waals surface area contributed by atoms with Crippen LogP contribution in [0.4, 0.5) is 5.69 Å². The van der Waals surface area contributed by atoms with Crippen molar-refractivity contribution >= 4 is 23.1 Å². The maximum absolute atomic E-state index is 13.4. The number of carbonyl (C=O) groups is 2. The summed E-state index contributed by atoms with van der Waals surface area (Å²) < 4.78 is 16.6. The first kappa shape index (κ1) is 20.5. The lowest BCUT2D eigenvalue weighted by Gasteiger charge is -2.28. The number of fused-ring (bicyclic) bond motifs is 1. The van der Waals surface area contributed by atoms with Crippen molar-refractivity contribution in [2.45, 2.75) is 0 Å². The fraction of sp³-hybridized carbons (Fsp3) is 0.333. The minimum atomic E-state index is -0.322. The highest BCUT2D eigenvalue weighted by Crippen LogP contribution is 2.35. The molecule has 1 fully saturated rings. The van der Waals surface area contributed by atoms with E-state index < -0.39 is 0 Å². The average molecular weight is 435 g/mol. The van der Waals surface area contributed by atoms with Crippen LogP contribution in [0.25, 0.3) is 5.57 Å². The Labute approximate surface area is 186 Å². The van der Waals surface area contributed by atoms with Crippen molar-refractivity contribution in [1.29, 1.82) is 0 Å². The quantitative estimate of drug-likeness (QED) is 0.695. The number of amides is 2. The third-order valence-corrected chi connectivity index (χ3v) is 5.79. The molecule has 0 spiro atoms. The Kier molecular flexibility index (Phi) is 5.79. The fourth-order valence-electron chi connectivity index (χ4n) is 4.10. The van der Waals surface area contributed by atoms with Crippen molar-refractivity contribution in [1.82, 2.24) is 9.80 Å². The van der Waals surface area contributed by atoms with E-state index in [1.54, 1.807) is 12.1 Å². The lowest BCUT2D eigenvalue weighted by molar-refractivity contribution is -0.137. The zero-order valence-electron chi connectivity index (χ0n) is 17.7. The van der Waals surface area contributed by atoms with Crippen LogP contribution in [0.3, 0.4) is 0 Å². The molecule has 8 nitrogen and oxygen atoms in total. The van der Waals surface area contributed by atoms with E-state index in [0.29, 0.717) is 67.8 Å². The van der Waals surface area contributed by atoms with Gasteiger partial charge in [0.25, 0.3) is 11.8 Å². The molecule has 1 saturated heterocycles. The first-order valence-corrected chi connectivity index (χ1v) is 10.8. The number of rotatable bonds is 6. The van der Waals surface area contributed by atoms with E-state index in [2.05, 4.69) is 10.2 Å². The third-order valence-electron chi connectivity index (χ3n) is 5.79. The highest BCUT2D eigenvalue weighted by Gasteiger charge is 2.39. The molecule has 2 amide bonds. The van der Waals surface area contributed by atoms with E-state index in [4.69, 9.17) is 14.2 Å². The number of benzene rings is 2. The van der Waals surface area contributed by atoms with Gasteiger partial charge in [0.15, 0.2) is 11.5 Å². The van der Waals surface area contributed by atoms with Gasteiger partial charge in [-0.3, -0.25) is 19.4 Å². The summed E-state index contributed by atoms with van der Waals surface area (Å²) >= 11 is 0. The summed E-state index contributed by atoms with van der Waals surface area (Å²) in [6.45, 7) is 4.89. The predicted molar refractivity (Wildman–Crippen MR) is 118 cm³/mol. The van der Waals surface area contributed by atoms with Gasteiger partial charge < -0.3 is 19.5 Å². The first-order valence-electron chi connectivity index (χ1n) is 10.8. The van der Waals surface area contributed by atoms with Gasteiger partial charge in [0, 0.05) is 37.9 Å². The van der Waals surface area contributed by atoms with Crippen molar-refractivity contribution in [2.75, 3.05) is 57.9 Å². The average Bonchev–Trinajstić information content (AvgIpc) is 3.07. The number of ether oxygens (including phenoxy) is 3. The number of hydrogen-bond acceptors (Lipinski definition) is 7. The highest BCUT2D eigenvalue weighted by molar-refractivity contribution is 6.36. The molecule has 3 aliphatic rings. The molecule has 8 heteroatoms. The number of hydrogen-bond donors (Lipinski definition) is 1. The molecular formula is C24H25N3O5. The maximum Gasteiger partial charge on any atom is 0.278 e. The van der Waals surface area contributed by atoms with Crippen LogP contribution in [0.2, 0.25) is 0 Å². The zero-order chi connectivity index (χ0) is 21.9. The summed E-state index contributed by atoms with van der Waals surface area (Å²) in [5.74, 6) is 0.676. The van der Waals surface area contributed by atoms with E-state index >= 15 is 0 Å². The lowest BCUT2D eigenvalue weighted by Crippen LogP contribution is -2.43. The zero-order valence-corrected chi connectivity index (χ0v) is 17.7. The van der Waals surface area contributed by atoms with E-state index in [-0.39, 0.29) is 17.5 Å². The largest absolute Gasteiger partial charge is 0.486 e. The van der Waals surface area contributed by atoms with Crippen LogP contribution in [-0.4, -0.2) is 74.2 Å². The minimum Gasteiger partial charge on any atom is -0.486 e. The molecular weight excluding hydrogens is 410 g/mol. The van der Waals surface area contributed by atoms with Crippen LogP contribution in [0.5, 0.6) is 11.5 Å². The Morgan fingerprint density at radius 3 is 2.34 bits per heavy atom. The van der Waals surface area contributed by atoms with Gasteiger partial charge in [0.1, 0.15) is 18.9 Å². The molecule has 3 aliphatic heterocycles. The summed E-state index contributed by atoms with van der Waals surface area (Å²) in [5, 5.41) is 3.19. The standard InChI is InChI=1S/C24H25N3O5/c28-23-21(17-4-2-1-3-5-17)22(24(29)27(23)9-8-26-10-12-30-13-11-26)25-18-6-7-19-20(16-18)32-15-14-31-19/h1-7,16,25H,8-15H2. The van der Waals surface area contributed by atoms with Gasteiger partial charge in [-0.1, -0.05) is 30.3 Å². The van der Waals surface area contributed by atoms with Crippen LogP contribution >= 0.6 is 0 Å². The molecule has 0 unspecified atom stereocenters. The molecule has 166 valence electrons. The SMILES string of the molecule is O=C1C(Nc2ccc3c(c2)OCCO3)=C(c2ccccc2)C(=O)N1CCN1CCOCC1. The Balaban J connectivity index is 1.42. The fourth-order valence-corrected chi connectivity index (χ4v) is 4.10. The minimum absolute atomic E-state index is 0.278. The van der Waals surface area contributed by atoms with Gasteiger partial charge >= 0.3 is 0 Å². The molecule has 32 heavy (non-hydrogen) atoms. The Bertz CT molecular complexity index is 1050. The molecule has 5 rings (SSSR count). The van der Waals surface area contributed by atoms with E-state index in [0.717, 1.165) is 13.1 Å². The van der Waals surface area contributed by atoms with Gasteiger partial charge in [-0.2, -0.15) is 0 Å². The van der Waals surface area contributed by atoms with Gasteiger partial charge in [0.2, 0.25) is 0 Å².